The molecule has 7 heteroatoms. The van der Waals surface area contributed by atoms with Crippen molar-refractivity contribution in [3.8, 4) is 11.5 Å². The predicted octanol–water partition coefficient (Wildman–Crippen LogP) is 3.98. The fourth-order valence-electron chi connectivity index (χ4n) is 3.44. The highest BCUT2D eigenvalue weighted by molar-refractivity contribution is 7.15. The number of rotatable bonds is 8. The molecular formula is C23H23N3O3S. The standard InChI is InChI=1S/C23H23N3O3S/c1-28-20-9-8-18(12-21(20)29-2)15-25(14-17-6-4-3-5-7-17)16-19-13-22(27)26-10-11-30-23(26)24-19/h3-13H,14-16H2,1-2H3. The summed E-state index contributed by atoms with van der Waals surface area (Å²) in [6.07, 6.45) is 1.75. The molecule has 2 aromatic heterocycles. The maximum absolute atomic E-state index is 12.4. The van der Waals surface area contributed by atoms with Gasteiger partial charge in [-0.1, -0.05) is 36.4 Å². The van der Waals surface area contributed by atoms with Crippen LogP contribution in [0.15, 0.2) is 71.0 Å². The van der Waals surface area contributed by atoms with Crippen LogP contribution in [0.25, 0.3) is 4.96 Å². The van der Waals surface area contributed by atoms with Gasteiger partial charge in [-0.15, -0.1) is 11.3 Å². The summed E-state index contributed by atoms with van der Waals surface area (Å²) in [7, 11) is 3.27. The number of ether oxygens (including phenoxy) is 2. The van der Waals surface area contributed by atoms with Gasteiger partial charge in [-0.2, -0.15) is 0 Å². The van der Waals surface area contributed by atoms with Gasteiger partial charge in [-0.05, 0) is 23.3 Å². The van der Waals surface area contributed by atoms with Gasteiger partial charge in [-0.3, -0.25) is 14.1 Å². The Morgan fingerprint density at radius 3 is 2.47 bits per heavy atom. The molecule has 0 aliphatic rings. The quantitative estimate of drug-likeness (QED) is 0.431. The van der Waals surface area contributed by atoms with E-state index in [9.17, 15) is 4.79 Å². The Labute approximate surface area is 179 Å². The first-order valence-electron chi connectivity index (χ1n) is 9.59. The van der Waals surface area contributed by atoms with E-state index < -0.39 is 0 Å². The van der Waals surface area contributed by atoms with Crippen molar-refractivity contribution >= 4 is 16.3 Å². The van der Waals surface area contributed by atoms with E-state index in [1.807, 2.05) is 41.8 Å². The van der Waals surface area contributed by atoms with Crippen molar-refractivity contribution in [2.75, 3.05) is 14.2 Å². The van der Waals surface area contributed by atoms with Crippen LogP contribution in [-0.4, -0.2) is 28.5 Å². The van der Waals surface area contributed by atoms with Crippen LogP contribution < -0.4 is 15.0 Å². The molecule has 0 amide bonds. The van der Waals surface area contributed by atoms with E-state index in [0.717, 1.165) is 17.8 Å². The van der Waals surface area contributed by atoms with E-state index in [4.69, 9.17) is 9.47 Å². The summed E-state index contributed by atoms with van der Waals surface area (Å²) in [5.41, 5.74) is 3.00. The van der Waals surface area contributed by atoms with Crippen molar-refractivity contribution in [3.63, 3.8) is 0 Å². The summed E-state index contributed by atoms with van der Waals surface area (Å²) in [5.74, 6) is 1.40. The van der Waals surface area contributed by atoms with Gasteiger partial charge < -0.3 is 9.47 Å². The lowest BCUT2D eigenvalue weighted by Crippen LogP contribution is -2.24. The van der Waals surface area contributed by atoms with E-state index in [0.29, 0.717) is 29.5 Å². The highest BCUT2D eigenvalue weighted by atomic mass is 32.1. The van der Waals surface area contributed by atoms with Crippen molar-refractivity contribution in [2.24, 2.45) is 0 Å². The van der Waals surface area contributed by atoms with Gasteiger partial charge in [0.05, 0.1) is 19.9 Å². The Morgan fingerprint density at radius 1 is 0.933 bits per heavy atom. The Bertz CT molecular complexity index is 1190. The van der Waals surface area contributed by atoms with Crippen LogP contribution in [0.1, 0.15) is 16.8 Å². The minimum Gasteiger partial charge on any atom is -0.493 e. The molecule has 0 saturated heterocycles. The maximum Gasteiger partial charge on any atom is 0.258 e. The molecule has 6 nitrogen and oxygen atoms in total. The number of hydrogen-bond acceptors (Lipinski definition) is 6. The van der Waals surface area contributed by atoms with E-state index in [1.165, 1.54) is 16.9 Å². The second-order valence-electron chi connectivity index (χ2n) is 6.96. The third-order valence-electron chi connectivity index (χ3n) is 4.84. The SMILES string of the molecule is COc1ccc(CN(Cc2ccccc2)Cc2cc(=O)n3ccsc3n2)cc1OC. The summed E-state index contributed by atoms with van der Waals surface area (Å²) in [6, 6.07) is 17.8. The van der Waals surface area contributed by atoms with Crippen molar-refractivity contribution in [3.05, 3.63) is 93.3 Å². The minimum absolute atomic E-state index is 0.0537. The Morgan fingerprint density at radius 2 is 1.70 bits per heavy atom. The van der Waals surface area contributed by atoms with Crippen LogP contribution >= 0.6 is 11.3 Å². The average Bonchev–Trinajstić information content (AvgIpc) is 3.23. The molecule has 30 heavy (non-hydrogen) atoms. The second-order valence-corrected chi connectivity index (χ2v) is 7.83. The lowest BCUT2D eigenvalue weighted by atomic mass is 10.1. The summed E-state index contributed by atoms with van der Waals surface area (Å²) in [4.78, 5) is 20.0. The first-order chi connectivity index (χ1) is 14.7. The highest BCUT2D eigenvalue weighted by Crippen LogP contribution is 2.28. The lowest BCUT2D eigenvalue weighted by molar-refractivity contribution is 0.244. The maximum atomic E-state index is 12.4. The van der Waals surface area contributed by atoms with Crippen molar-refractivity contribution in [1.82, 2.24) is 14.3 Å². The van der Waals surface area contributed by atoms with Crippen LogP contribution in [0.2, 0.25) is 0 Å². The van der Waals surface area contributed by atoms with E-state index in [2.05, 4.69) is 22.0 Å². The molecule has 154 valence electrons. The fraction of sp³-hybridized carbons (Fsp3) is 0.217. The van der Waals surface area contributed by atoms with Gasteiger partial charge in [0.1, 0.15) is 0 Å². The molecule has 0 saturated carbocycles. The summed E-state index contributed by atoms with van der Waals surface area (Å²) < 4.78 is 12.4. The molecule has 0 N–H and O–H groups in total. The molecule has 0 aliphatic heterocycles. The number of hydrogen-bond donors (Lipinski definition) is 0. The fourth-order valence-corrected chi connectivity index (χ4v) is 4.18. The topological polar surface area (TPSA) is 56.1 Å². The summed E-state index contributed by atoms with van der Waals surface area (Å²) in [6.45, 7) is 1.98. The molecule has 2 heterocycles. The Balaban J connectivity index is 1.62. The number of methoxy groups -OCH3 is 2. The molecule has 4 aromatic rings. The van der Waals surface area contributed by atoms with Crippen LogP contribution in [0.4, 0.5) is 0 Å². The molecular weight excluding hydrogens is 398 g/mol. The molecule has 0 radical (unpaired) electrons. The first kappa shape index (κ1) is 20.1. The molecule has 0 atom stereocenters. The van der Waals surface area contributed by atoms with E-state index in [-0.39, 0.29) is 5.56 Å². The normalized spacial score (nSPS) is 11.2. The van der Waals surface area contributed by atoms with Crippen LogP contribution in [0.5, 0.6) is 11.5 Å². The van der Waals surface area contributed by atoms with Crippen molar-refractivity contribution in [1.29, 1.82) is 0 Å². The molecule has 0 fully saturated rings. The largest absolute Gasteiger partial charge is 0.493 e. The number of thiazole rings is 1. The Kier molecular flexibility index (Phi) is 6.11. The average molecular weight is 422 g/mol. The highest BCUT2D eigenvalue weighted by Gasteiger charge is 2.13. The number of aromatic nitrogens is 2. The van der Waals surface area contributed by atoms with Gasteiger partial charge in [0.25, 0.3) is 5.56 Å². The summed E-state index contributed by atoms with van der Waals surface area (Å²) >= 11 is 1.46. The molecule has 0 bridgehead atoms. The van der Waals surface area contributed by atoms with Crippen LogP contribution in [0, 0.1) is 0 Å². The third kappa shape index (κ3) is 4.53. The van der Waals surface area contributed by atoms with Crippen molar-refractivity contribution < 1.29 is 9.47 Å². The van der Waals surface area contributed by atoms with Crippen LogP contribution in [-0.2, 0) is 19.6 Å². The van der Waals surface area contributed by atoms with E-state index >= 15 is 0 Å². The Hall–Kier alpha value is -3.16. The van der Waals surface area contributed by atoms with E-state index in [1.54, 1.807) is 30.9 Å². The predicted molar refractivity (Wildman–Crippen MR) is 118 cm³/mol. The zero-order valence-corrected chi connectivity index (χ0v) is 17.8. The van der Waals surface area contributed by atoms with Gasteiger partial charge >= 0.3 is 0 Å². The summed E-state index contributed by atoms with van der Waals surface area (Å²) in [5, 5.41) is 1.87. The second kappa shape index (κ2) is 9.11. The minimum atomic E-state index is -0.0537. The molecule has 0 unspecified atom stereocenters. The van der Waals surface area contributed by atoms with Crippen LogP contribution in [0.3, 0.4) is 0 Å². The molecule has 0 spiro atoms. The van der Waals surface area contributed by atoms with Gasteiger partial charge in [0, 0.05) is 37.3 Å². The third-order valence-corrected chi connectivity index (χ3v) is 5.60. The molecule has 4 rings (SSSR count). The van der Waals surface area contributed by atoms with Gasteiger partial charge in [0.2, 0.25) is 0 Å². The van der Waals surface area contributed by atoms with Gasteiger partial charge in [-0.25, -0.2) is 4.98 Å². The zero-order valence-electron chi connectivity index (χ0n) is 16.9. The lowest BCUT2D eigenvalue weighted by Gasteiger charge is -2.23. The zero-order chi connectivity index (χ0) is 20.9. The van der Waals surface area contributed by atoms with Crippen molar-refractivity contribution in [2.45, 2.75) is 19.6 Å². The smallest absolute Gasteiger partial charge is 0.258 e. The molecule has 0 aliphatic carbocycles. The number of benzene rings is 2. The molecule has 2 aromatic carbocycles. The number of nitrogens with zero attached hydrogens (tertiary/aromatic N) is 3. The van der Waals surface area contributed by atoms with Gasteiger partial charge in [0.15, 0.2) is 16.5 Å². The number of fused-ring (bicyclic) bond motifs is 1. The monoisotopic (exact) mass is 421 g/mol. The first-order valence-corrected chi connectivity index (χ1v) is 10.5.